The topological polar surface area (TPSA) is 41.6 Å². The molecule has 0 bridgehead atoms. The Kier molecular flexibility index (Phi) is 2.63. The van der Waals surface area contributed by atoms with Crippen molar-refractivity contribution in [1.29, 1.82) is 5.26 Å². The molecule has 3 heteroatoms. The second-order valence-electron chi connectivity index (χ2n) is 6.09. The van der Waals surface area contributed by atoms with Crippen LogP contribution >= 0.6 is 0 Å². The minimum atomic E-state index is 0.0778. The van der Waals surface area contributed by atoms with E-state index in [-0.39, 0.29) is 5.41 Å². The van der Waals surface area contributed by atoms with Crippen LogP contribution in [-0.2, 0) is 5.41 Å². The molecule has 0 saturated heterocycles. The van der Waals surface area contributed by atoms with Gasteiger partial charge in [-0.2, -0.15) is 5.26 Å². The van der Waals surface area contributed by atoms with E-state index in [0.717, 1.165) is 11.9 Å². The number of nitrogens with zero attached hydrogens (tertiary/aromatic N) is 3. The number of hydrogen-bond acceptors (Lipinski definition) is 2. The predicted octanol–water partition coefficient (Wildman–Crippen LogP) is 3.93. The number of imidazole rings is 1. The van der Waals surface area contributed by atoms with Crippen LogP contribution < -0.4 is 0 Å². The van der Waals surface area contributed by atoms with Crippen molar-refractivity contribution in [2.75, 3.05) is 0 Å². The molecule has 1 aromatic heterocycles. The predicted molar refractivity (Wildman–Crippen MR) is 76.0 cm³/mol. The number of aromatic nitrogens is 2. The quantitative estimate of drug-likeness (QED) is 0.831. The van der Waals surface area contributed by atoms with Crippen molar-refractivity contribution in [1.82, 2.24) is 9.55 Å². The third-order valence-electron chi connectivity index (χ3n) is 4.22. The molecule has 98 valence electrons. The van der Waals surface area contributed by atoms with Crippen molar-refractivity contribution in [2.45, 2.75) is 51.5 Å². The Morgan fingerprint density at radius 1 is 1.42 bits per heavy atom. The standard InChI is InChI=1S/C16H19N3/c1-4-16(2,3)15-18-13-9-11(10-17)5-8-14(13)19(15)12-6-7-12/h5,8-9,12H,4,6-7H2,1-3H3. The van der Waals surface area contributed by atoms with E-state index >= 15 is 0 Å². The fourth-order valence-corrected chi connectivity index (χ4v) is 2.51. The Labute approximate surface area is 113 Å². The first-order valence-electron chi connectivity index (χ1n) is 6.99. The molecular formula is C16H19N3. The van der Waals surface area contributed by atoms with Crippen molar-refractivity contribution in [3.8, 4) is 6.07 Å². The molecule has 0 spiro atoms. The zero-order valence-electron chi connectivity index (χ0n) is 11.8. The Balaban J connectivity index is 2.26. The van der Waals surface area contributed by atoms with Crippen molar-refractivity contribution in [3.63, 3.8) is 0 Å². The lowest BCUT2D eigenvalue weighted by Gasteiger charge is -2.23. The highest BCUT2D eigenvalue weighted by Gasteiger charge is 2.33. The van der Waals surface area contributed by atoms with Crippen molar-refractivity contribution >= 4 is 11.0 Å². The van der Waals surface area contributed by atoms with Crippen LogP contribution in [0.15, 0.2) is 18.2 Å². The number of rotatable bonds is 3. The molecule has 1 aromatic carbocycles. The van der Waals surface area contributed by atoms with Gasteiger partial charge in [0, 0.05) is 11.5 Å². The molecule has 19 heavy (non-hydrogen) atoms. The summed E-state index contributed by atoms with van der Waals surface area (Å²) in [5.41, 5.74) is 2.91. The average Bonchev–Trinajstić information content (AvgIpc) is 3.18. The summed E-state index contributed by atoms with van der Waals surface area (Å²) in [5.74, 6) is 1.17. The molecule has 0 amide bonds. The van der Waals surface area contributed by atoms with E-state index < -0.39 is 0 Å². The van der Waals surface area contributed by atoms with Crippen LogP contribution in [0.4, 0.5) is 0 Å². The van der Waals surface area contributed by atoms with E-state index in [4.69, 9.17) is 10.2 Å². The van der Waals surface area contributed by atoms with Crippen LogP contribution in [0.3, 0.4) is 0 Å². The average molecular weight is 253 g/mol. The van der Waals surface area contributed by atoms with Crippen LogP contribution in [0.25, 0.3) is 11.0 Å². The van der Waals surface area contributed by atoms with Crippen molar-refractivity contribution < 1.29 is 0 Å². The maximum atomic E-state index is 9.02. The summed E-state index contributed by atoms with van der Waals surface area (Å²) in [5, 5.41) is 9.02. The largest absolute Gasteiger partial charge is 0.324 e. The summed E-state index contributed by atoms with van der Waals surface area (Å²) < 4.78 is 2.40. The molecule has 3 rings (SSSR count). The first-order chi connectivity index (χ1) is 9.06. The number of benzene rings is 1. The van der Waals surface area contributed by atoms with Gasteiger partial charge in [-0.05, 0) is 37.5 Å². The van der Waals surface area contributed by atoms with Crippen LogP contribution in [0.2, 0.25) is 0 Å². The molecule has 1 heterocycles. The molecule has 0 aliphatic heterocycles. The van der Waals surface area contributed by atoms with E-state index in [9.17, 15) is 0 Å². The lowest BCUT2D eigenvalue weighted by atomic mass is 9.89. The Hall–Kier alpha value is -1.82. The molecular weight excluding hydrogens is 234 g/mol. The van der Waals surface area contributed by atoms with Gasteiger partial charge in [0.05, 0.1) is 22.7 Å². The summed E-state index contributed by atoms with van der Waals surface area (Å²) in [6.07, 6.45) is 3.56. The third-order valence-corrected chi connectivity index (χ3v) is 4.22. The SMILES string of the molecule is CCC(C)(C)c1nc2cc(C#N)ccc2n1C1CC1. The Morgan fingerprint density at radius 3 is 2.74 bits per heavy atom. The van der Waals surface area contributed by atoms with Crippen LogP contribution in [-0.4, -0.2) is 9.55 Å². The van der Waals surface area contributed by atoms with Gasteiger partial charge in [-0.15, -0.1) is 0 Å². The summed E-state index contributed by atoms with van der Waals surface area (Å²) in [6, 6.07) is 8.66. The molecule has 0 radical (unpaired) electrons. The highest BCUT2D eigenvalue weighted by Crippen LogP contribution is 2.42. The van der Waals surface area contributed by atoms with Gasteiger partial charge in [0.1, 0.15) is 5.82 Å². The van der Waals surface area contributed by atoms with Gasteiger partial charge in [-0.3, -0.25) is 0 Å². The van der Waals surface area contributed by atoms with Crippen LogP contribution in [0.5, 0.6) is 0 Å². The minimum absolute atomic E-state index is 0.0778. The first kappa shape index (κ1) is 12.2. The molecule has 1 aliphatic carbocycles. The zero-order valence-corrected chi connectivity index (χ0v) is 11.8. The molecule has 2 aromatic rings. The van der Waals surface area contributed by atoms with E-state index in [1.54, 1.807) is 0 Å². The van der Waals surface area contributed by atoms with Crippen molar-refractivity contribution in [3.05, 3.63) is 29.6 Å². The maximum Gasteiger partial charge on any atom is 0.115 e. The zero-order chi connectivity index (χ0) is 13.6. The third kappa shape index (κ3) is 1.92. The highest BCUT2D eigenvalue weighted by atomic mass is 15.1. The first-order valence-corrected chi connectivity index (χ1v) is 6.99. The minimum Gasteiger partial charge on any atom is -0.324 e. The summed E-state index contributed by atoms with van der Waals surface area (Å²) in [6.45, 7) is 6.70. The fourth-order valence-electron chi connectivity index (χ4n) is 2.51. The van der Waals surface area contributed by atoms with E-state index in [2.05, 4.69) is 37.5 Å². The molecule has 0 N–H and O–H groups in total. The monoisotopic (exact) mass is 253 g/mol. The van der Waals surface area contributed by atoms with E-state index in [0.29, 0.717) is 11.6 Å². The summed E-state index contributed by atoms with van der Waals surface area (Å²) >= 11 is 0. The summed E-state index contributed by atoms with van der Waals surface area (Å²) in [4.78, 5) is 4.84. The molecule has 3 nitrogen and oxygen atoms in total. The van der Waals surface area contributed by atoms with Crippen molar-refractivity contribution in [2.24, 2.45) is 0 Å². The van der Waals surface area contributed by atoms with Gasteiger partial charge >= 0.3 is 0 Å². The normalized spacial score (nSPS) is 15.7. The second kappa shape index (κ2) is 4.09. The van der Waals surface area contributed by atoms with E-state index in [1.165, 1.54) is 24.2 Å². The Morgan fingerprint density at radius 2 is 2.16 bits per heavy atom. The smallest absolute Gasteiger partial charge is 0.115 e. The van der Waals surface area contributed by atoms with Crippen LogP contribution in [0.1, 0.15) is 57.5 Å². The Bertz CT molecular complexity index is 669. The number of fused-ring (bicyclic) bond motifs is 1. The van der Waals surface area contributed by atoms with E-state index in [1.807, 2.05) is 12.1 Å². The fraction of sp³-hybridized carbons (Fsp3) is 0.500. The van der Waals surface area contributed by atoms with Gasteiger partial charge in [-0.1, -0.05) is 20.8 Å². The molecule has 1 fully saturated rings. The molecule has 1 saturated carbocycles. The molecule has 0 unspecified atom stereocenters. The number of hydrogen-bond donors (Lipinski definition) is 0. The summed E-state index contributed by atoms with van der Waals surface area (Å²) in [7, 11) is 0. The van der Waals surface area contributed by atoms with Crippen LogP contribution in [0, 0.1) is 11.3 Å². The van der Waals surface area contributed by atoms with Gasteiger partial charge in [0.15, 0.2) is 0 Å². The second-order valence-corrected chi connectivity index (χ2v) is 6.09. The number of nitriles is 1. The molecule has 0 atom stereocenters. The maximum absolute atomic E-state index is 9.02. The van der Waals surface area contributed by atoms with Gasteiger partial charge < -0.3 is 4.57 Å². The lowest BCUT2D eigenvalue weighted by Crippen LogP contribution is -2.21. The van der Waals surface area contributed by atoms with Gasteiger partial charge in [0.25, 0.3) is 0 Å². The lowest BCUT2D eigenvalue weighted by molar-refractivity contribution is 0.448. The van der Waals surface area contributed by atoms with Gasteiger partial charge in [-0.25, -0.2) is 4.98 Å². The molecule has 1 aliphatic rings. The highest BCUT2D eigenvalue weighted by molar-refractivity contribution is 5.78. The van der Waals surface area contributed by atoms with Gasteiger partial charge in [0.2, 0.25) is 0 Å².